The van der Waals surface area contributed by atoms with Gasteiger partial charge in [0.15, 0.2) is 5.96 Å². The van der Waals surface area contributed by atoms with E-state index in [1.54, 1.807) is 25.2 Å². The monoisotopic (exact) mass is 562 g/mol. The number of halogens is 3. The van der Waals surface area contributed by atoms with Gasteiger partial charge in [0.2, 0.25) is 0 Å². The quantitative estimate of drug-likeness (QED) is 0.253. The fourth-order valence-corrected chi connectivity index (χ4v) is 3.41. The zero-order valence-electron chi connectivity index (χ0n) is 16.6. The first-order valence-electron chi connectivity index (χ1n) is 9.43. The lowest BCUT2D eigenvalue weighted by molar-refractivity contribution is 0.0954. The van der Waals surface area contributed by atoms with Crippen LogP contribution in [-0.2, 0) is 0 Å². The average Bonchev–Trinajstić information content (AvgIpc) is 2.76. The van der Waals surface area contributed by atoms with Gasteiger partial charge in [0.1, 0.15) is 5.82 Å². The van der Waals surface area contributed by atoms with Gasteiger partial charge in [-0.2, -0.15) is 0 Å². The molecule has 0 spiro atoms. The maximum absolute atomic E-state index is 12.2. The maximum atomic E-state index is 12.2. The molecule has 0 atom stereocenters. The molecule has 1 aliphatic rings. The molecule has 1 saturated heterocycles. The number of rotatable bonds is 5. The summed E-state index contributed by atoms with van der Waals surface area (Å²) >= 11 is 11.8. The van der Waals surface area contributed by atoms with Gasteiger partial charge in [-0.3, -0.25) is 9.79 Å². The summed E-state index contributed by atoms with van der Waals surface area (Å²) in [4.78, 5) is 25.4. The Morgan fingerprint density at radius 3 is 2.43 bits per heavy atom. The number of nitrogens with zero attached hydrogens (tertiary/aromatic N) is 4. The normalized spacial score (nSPS) is 14.2. The molecule has 7 nitrogen and oxygen atoms in total. The zero-order chi connectivity index (χ0) is 20.6. The Labute approximate surface area is 203 Å². The van der Waals surface area contributed by atoms with Crippen molar-refractivity contribution in [1.29, 1.82) is 0 Å². The fourth-order valence-electron chi connectivity index (χ4n) is 3.11. The Morgan fingerprint density at radius 2 is 1.80 bits per heavy atom. The fraction of sp³-hybridized carbons (Fsp3) is 0.350. The van der Waals surface area contributed by atoms with E-state index in [4.69, 9.17) is 23.2 Å². The first kappa shape index (κ1) is 24.5. The smallest absolute Gasteiger partial charge is 0.251 e. The Bertz CT molecular complexity index is 860. The number of anilines is 1. The molecule has 1 aromatic carbocycles. The Kier molecular flexibility index (Phi) is 9.93. The minimum Gasteiger partial charge on any atom is -0.354 e. The van der Waals surface area contributed by atoms with Crippen LogP contribution >= 0.6 is 47.2 Å². The summed E-state index contributed by atoms with van der Waals surface area (Å²) in [5, 5.41) is 6.96. The minimum absolute atomic E-state index is 0. The highest BCUT2D eigenvalue weighted by molar-refractivity contribution is 14.0. The summed E-state index contributed by atoms with van der Waals surface area (Å²) < 4.78 is 0. The summed E-state index contributed by atoms with van der Waals surface area (Å²) in [6.07, 6.45) is 1.81. The first-order valence-corrected chi connectivity index (χ1v) is 10.2. The van der Waals surface area contributed by atoms with E-state index >= 15 is 0 Å². The van der Waals surface area contributed by atoms with E-state index in [1.807, 2.05) is 24.4 Å². The maximum Gasteiger partial charge on any atom is 0.251 e. The van der Waals surface area contributed by atoms with Crippen molar-refractivity contribution in [1.82, 2.24) is 20.5 Å². The van der Waals surface area contributed by atoms with Gasteiger partial charge in [-0.15, -0.1) is 24.0 Å². The molecule has 2 heterocycles. The molecule has 30 heavy (non-hydrogen) atoms. The molecule has 0 bridgehead atoms. The van der Waals surface area contributed by atoms with Crippen molar-refractivity contribution in [2.24, 2.45) is 4.99 Å². The van der Waals surface area contributed by atoms with Crippen molar-refractivity contribution in [2.45, 2.75) is 0 Å². The number of carbonyl (C=O) groups is 1. The number of carbonyl (C=O) groups excluding carboxylic acids is 1. The molecule has 1 aromatic heterocycles. The summed E-state index contributed by atoms with van der Waals surface area (Å²) in [7, 11) is 1.77. The van der Waals surface area contributed by atoms with Crippen LogP contribution in [-0.4, -0.2) is 68.1 Å². The third-order valence-corrected chi connectivity index (χ3v) is 5.38. The number of hydrogen-bond acceptors (Lipinski definition) is 4. The van der Waals surface area contributed by atoms with Gasteiger partial charge in [-0.05, 0) is 30.3 Å². The van der Waals surface area contributed by atoms with Crippen LogP contribution in [0.3, 0.4) is 0 Å². The molecule has 0 aliphatic carbocycles. The molecular formula is C20H25Cl2IN6O. The van der Waals surface area contributed by atoms with Crippen molar-refractivity contribution in [3.05, 3.63) is 58.2 Å². The number of nitrogens with one attached hydrogen (secondary N) is 2. The van der Waals surface area contributed by atoms with E-state index in [2.05, 4.69) is 30.4 Å². The molecule has 162 valence electrons. The van der Waals surface area contributed by atoms with Gasteiger partial charge in [0.25, 0.3) is 5.91 Å². The van der Waals surface area contributed by atoms with Crippen LogP contribution in [0.2, 0.25) is 10.0 Å². The number of hydrogen-bond donors (Lipinski definition) is 2. The SMILES string of the molecule is CN=C(NCCNC(=O)c1ccc(Cl)c(Cl)c1)N1CCN(c2ccccn2)CC1.I. The standard InChI is InChI=1S/C20H24Cl2N6O.HI/c1-23-20(28-12-10-27(11-13-28)18-4-2-3-7-24-18)26-9-8-25-19(29)15-5-6-16(21)17(22)14-15;/h2-7,14H,8-13H2,1H3,(H,23,26)(H,25,29);1H. The van der Waals surface area contributed by atoms with E-state index < -0.39 is 0 Å². The van der Waals surface area contributed by atoms with Crippen LogP contribution in [0.15, 0.2) is 47.6 Å². The lowest BCUT2D eigenvalue weighted by atomic mass is 10.2. The number of aromatic nitrogens is 1. The van der Waals surface area contributed by atoms with Gasteiger partial charge in [-0.25, -0.2) is 4.98 Å². The highest BCUT2D eigenvalue weighted by Crippen LogP contribution is 2.22. The van der Waals surface area contributed by atoms with Crippen LogP contribution in [0.5, 0.6) is 0 Å². The molecule has 0 radical (unpaired) electrons. The van der Waals surface area contributed by atoms with E-state index in [0.29, 0.717) is 28.7 Å². The van der Waals surface area contributed by atoms with Crippen LogP contribution < -0.4 is 15.5 Å². The summed E-state index contributed by atoms with van der Waals surface area (Å²) in [6.45, 7) is 4.50. The molecule has 3 rings (SSSR count). The van der Waals surface area contributed by atoms with Crippen molar-refractivity contribution in [2.75, 3.05) is 51.2 Å². The third-order valence-electron chi connectivity index (χ3n) is 4.64. The predicted octanol–water partition coefficient (Wildman–Crippen LogP) is 3.13. The minimum atomic E-state index is -0.190. The van der Waals surface area contributed by atoms with E-state index in [-0.39, 0.29) is 29.9 Å². The van der Waals surface area contributed by atoms with Gasteiger partial charge in [-0.1, -0.05) is 29.3 Å². The van der Waals surface area contributed by atoms with Crippen molar-refractivity contribution < 1.29 is 4.79 Å². The van der Waals surface area contributed by atoms with Crippen LogP contribution in [0, 0.1) is 0 Å². The van der Waals surface area contributed by atoms with Crippen molar-refractivity contribution in [3.63, 3.8) is 0 Å². The molecule has 0 saturated carbocycles. The van der Waals surface area contributed by atoms with E-state index in [0.717, 1.165) is 38.0 Å². The molecule has 10 heteroatoms. The van der Waals surface area contributed by atoms with Crippen LogP contribution in [0.25, 0.3) is 0 Å². The van der Waals surface area contributed by atoms with E-state index in [1.165, 1.54) is 0 Å². The van der Waals surface area contributed by atoms with Crippen molar-refractivity contribution in [3.8, 4) is 0 Å². The highest BCUT2D eigenvalue weighted by Gasteiger charge is 2.20. The number of benzene rings is 1. The second-order valence-electron chi connectivity index (χ2n) is 6.52. The molecule has 1 amide bonds. The topological polar surface area (TPSA) is 72.9 Å². The first-order chi connectivity index (χ1) is 14.1. The predicted molar refractivity (Wildman–Crippen MR) is 134 cm³/mol. The molecule has 2 N–H and O–H groups in total. The van der Waals surface area contributed by atoms with E-state index in [9.17, 15) is 4.79 Å². The van der Waals surface area contributed by atoms with Crippen molar-refractivity contribution >= 4 is 64.9 Å². The van der Waals surface area contributed by atoms with Crippen LogP contribution in [0.1, 0.15) is 10.4 Å². The summed E-state index contributed by atoms with van der Waals surface area (Å²) in [5.41, 5.74) is 0.481. The Hall–Kier alpha value is -1.78. The van der Waals surface area contributed by atoms with Gasteiger partial charge < -0.3 is 20.4 Å². The summed E-state index contributed by atoms with van der Waals surface area (Å²) in [6, 6.07) is 10.8. The molecule has 0 unspecified atom stereocenters. The Balaban J connectivity index is 0.00000320. The van der Waals surface area contributed by atoms with Gasteiger partial charge >= 0.3 is 0 Å². The number of guanidine groups is 1. The summed E-state index contributed by atoms with van der Waals surface area (Å²) in [5.74, 6) is 1.64. The number of aliphatic imine (C=N–C) groups is 1. The number of amides is 1. The second kappa shape index (κ2) is 12.2. The average molecular weight is 563 g/mol. The number of pyridine rings is 1. The van der Waals surface area contributed by atoms with Gasteiger partial charge in [0, 0.05) is 58.1 Å². The third kappa shape index (κ3) is 6.61. The molecule has 1 aliphatic heterocycles. The largest absolute Gasteiger partial charge is 0.354 e. The zero-order valence-corrected chi connectivity index (χ0v) is 20.5. The molecule has 2 aromatic rings. The second-order valence-corrected chi connectivity index (χ2v) is 7.34. The molecular weight excluding hydrogens is 538 g/mol. The lowest BCUT2D eigenvalue weighted by Crippen LogP contribution is -2.53. The van der Waals surface area contributed by atoms with Crippen LogP contribution in [0.4, 0.5) is 5.82 Å². The Morgan fingerprint density at radius 1 is 1.07 bits per heavy atom. The van der Waals surface area contributed by atoms with Gasteiger partial charge in [0.05, 0.1) is 10.0 Å². The molecule has 1 fully saturated rings. The lowest BCUT2D eigenvalue weighted by Gasteiger charge is -2.37. The number of piperazine rings is 1. The highest BCUT2D eigenvalue weighted by atomic mass is 127.